The number of benzene rings is 2. The molecule has 2 amide bonds. The van der Waals surface area contributed by atoms with Gasteiger partial charge in [-0.15, -0.1) is 0 Å². The first-order valence-corrected chi connectivity index (χ1v) is 14.2. The summed E-state index contributed by atoms with van der Waals surface area (Å²) in [5.74, 6) is 0.752. The summed E-state index contributed by atoms with van der Waals surface area (Å²) in [5, 5.41) is 9.49. The highest BCUT2D eigenvalue weighted by atomic mass is 16.2. The van der Waals surface area contributed by atoms with E-state index in [9.17, 15) is 9.59 Å². The predicted octanol–water partition coefficient (Wildman–Crippen LogP) is 3.36. The van der Waals surface area contributed by atoms with E-state index >= 15 is 0 Å². The highest BCUT2D eigenvalue weighted by molar-refractivity contribution is 5.95. The van der Waals surface area contributed by atoms with Gasteiger partial charge in [0.05, 0.1) is 11.7 Å². The van der Waals surface area contributed by atoms with Gasteiger partial charge in [0.25, 0.3) is 0 Å². The molecule has 0 spiro atoms. The number of piperazine rings is 1. The number of hydrogen-bond acceptors (Lipinski definition) is 8. The lowest BCUT2D eigenvalue weighted by atomic mass is 10.1. The molecular formula is C30H38N8O2. The highest BCUT2D eigenvalue weighted by Gasteiger charge is 2.22. The first-order chi connectivity index (χ1) is 19.6. The van der Waals surface area contributed by atoms with E-state index < -0.39 is 0 Å². The zero-order valence-corrected chi connectivity index (χ0v) is 22.8. The molecule has 1 aromatic heterocycles. The van der Waals surface area contributed by atoms with Crippen molar-refractivity contribution in [1.82, 2.24) is 20.2 Å². The number of unbranched alkanes of at least 4 members (excludes halogenated alkanes) is 1. The monoisotopic (exact) mass is 542 g/mol. The normalized spacial score (nSPS) is 17.1. The molecule has 2 saturated heterocycles. The third-order valence-corrected chi connectivity index (χ3v) is 7.45. The second-order valence-electron chi connectivity index (χ2n) is 10.3. The molecule has 5 N–H and O–H groups in total. The first kappa shape index (κ1) is 27.5. The molecule has 2 fully saturated rings. The average molecular weight is 543 g/mol. The van der Waals surface area contributed by atoms with Crippen LogP contribution in [0.2, 0.25) is 0 Å². The Balaban J connectivity index is 1.14. The van der Waals surface area contributed by atoms with Crippen molar-refractivity contribution in [3.8, 4) is 11.3 Å². The third kappa shape index (κ3) is 7.13. The number of nitrogens with one attached hydrogen (secondary N) is 3. The van der Waals surface area contributed by atoms with Gasteiger partial charge >= 0.3 is 0 Å². The molecule has 3 aromatic rings. The maximum Gasteiger partial charge on any atom is 0.241 e. The van der Waals surface area contributed by atoms with Crippen LogP contribution < -0.4 is 26.6 Å². The van der Waals surface area contributed by atoms with Crippen LogP contribution in [0.5, 0.6) is 0 Å². The molecule has 3 heterocycles. The number of nitrogens with two attached hydrogens (primary N) is 1. The summed E-state index contributed by atoms with van der Waals surface area (Å²) in [6, 6.07) is 17.7. The summed E-state index contributed by atoms with van der Waals surface area (Å²) in [7, 11) is 0. The van der Waals surface area contributed by atoms with E-state index in [0.717, 1.165) is 86.7 Å². The van der Waals surface area contributed by atoms with E-state index in [2.05, 4.69) is 43.0 Å². The Morgan fingerprint density at radius 3 is 2.40 bits per heavy atom. The zero-order chi connectivity index (χ0) is 27.7. The van der Waals surface area contributed by atoms with E-state index in [1.807, 2.05) is 47.4 Å². The molecule has 2 aromatic carbocycles. The van der Waals surface area contributed by atoms with Crippen LogP contribution in [0.1, 0.15) is 32.1 Å². The van der Waals surface area contributed by atoms with Gasteiger partial charge in [-0.3, -0.25) is 9.59 Å². The van der Waals surface area contributed by atoms with Crippen molar-refractivity contribution >= 4 is 34.8 Å². The van der Waals surface area contributed by atoms with Gasteiger partial charge in [-0.05, 0) is 81.2 Å². The molecule has 0 radical (unpaired) electrons. The van der Waals surface area contributed by atoms with E-state index in [1.54, 1.807) is 6.20 Å². The first-order valence-electron chi connectivity index (χ1n) is 14.2. The van der Waals surface area contributed by atoms with Gasteiger partial charge in [-0.1, -0.05) is 12.1 Å². The van der Waals surface area contributed by atoms with E-state index in [4.69, 9.17) is 5.73 Å². The Bertz CT molecular complexity index is 1270. The predicted molar refractivity (Wildman–Crippen MR) is 159 cm³/mol. The maximum absolute atomic E-state index is 12.4. The second-order valence-corrected chi connectivity index (χ2v) is 10.3. The number of nitrogens with zero attached hydrogens (tertiary/aromatic N) is 4. The maximum atomic E-state index is 12.4. The summed E-state index contributed by atoms with van der Waals surface area (Å²) < 4.78 is 0. The molecule has 1 unspecified atom stereocenters. The lowest BCUT2D eigenvalue weighted by molar-refractivity contribution is -0.131. The lowest BCUT2D eigenvalue weighted by Crippen LogP contribution is -2.48. The number of hydrogen-bond donors (Lipinski definition) is 4. The van der Waals surface area contributed by atoms with E-state index in [0.29, 0.717) is 18.9 Å². The van der Waals surface area contributed by atoms with Crippen molar-refractivity contribution < 1.29 is 9.59 Å². The number of anilines is 4. The Morgan fingerprint density at radius 1 is 0.950 bits per heavy atom. The molecule has 1 atom stereocenters. The van der Waals surface area contributed by atoms with Crippen molar-refractivity contribution in [2.24, 2.45) is 5.73 Å². The molecule has 210 valence electrons. The van der Waals surface area contributed by atoms with Gasteiger partial charge < -0.3 is 31.5 Å². The Kier molecular flexibility index (Phi) is 9.20. The molecule has 0 saturated carbocycles. The Morgan fingerprint density at radius 2 is 1.70 bits per heavy atom. The topological polar surface area (TPSA) is 129 Å². The van der Waals surface area contributed by atoms with Gasteiger partial charge in [0.15, 0.2) is 0 Å². The molecule has 2 aliphatic heterocycles. The standard InChI is InChI=1S/C30H38N8O2/c31-15-2-1-5-28(39)38-20-18-37(19-21-38)25-12-10-24(11-13-25)35-30-33-17-14-26(36-30)22-6-8-23(9-7-22)34-29(40)27-4-3-16-32-27/h6-14,17,27,32H,1-5,15-16,18-21,31H2,(H,34,40)(H,33,35,36). The molecular weight excluding hydrogens is 504 g/mol. The summed E-state index contributed by atoms with van der Waals surface area (Å²) >= 11 is 0. The molecule has 2 aliphatic rings. The van der Waals surface area contributed by atoms with E-state index in [1.165, 1.54) is 0 Å². The molecule has 5 rings (SSSR count). The average Bonchev–Trinajstić information content (AvgIpc) is 3.54. The van der Waals surface area contributed by atoms with Gasteiger partial charge in [-0.2, -0.15) is 0 Å². The van der Waals surface area contributed by atoms with Gasteiger partial charge in [0.2, 0.25) is 17.8 Å². The van der Waals surface area contributed by atoms with Gasteiger partial charge in [-0.25, -0.2) is 9.97 Å². The number of rotatable bonds is 10. The fourth-order valence-corrected chi connectivity index (χ4v) is 5.12. The quantitative estimate of drug-likeness (QED) is 0.287. The van der Waals surface area contributed by atoms with E-state index in [-0.39, 0.29) is 17.9 Å². The fraction of sp³-hybridized carbons (Fsp3) is 0.400. The SMILES string of the molecule is NCCCCC(=O)N1CCN(c2ccc(Nc3nccc(-c4ccc(NC(=O)C5CCCN5)cc4)n3)cc2)CC1. The van der Waals surface area contributed by atoms with Crippen LogP contribution in [0.15, 0.2) is 60.8 Å². The molecule has 10 heteroatoms. The van der Waals surface area contributed by atoms with Crippen LogP contribution in [0.4, 0.5) is 23.0 Å². The lowest BCUT2D eigenvalue weighted by Gasteiger charge is -2.36. The van der Waals surface area contributed by atoms with Crippen molar-refractivity contribution in [1.29, 1.82) is 0 Å². The largest absolute Gasteiger partial charge is 0.368 e. The van der Waals surface area contributed by atoms with Crippen molar-refractivity contribution in [2.45, 2.75) is 38.1 Å². The molecule has 0 bridgehead atoms. The third-order valence-electron chi connectivity index (χ3n) is 7.45. The zero-order valence-electron chi connectivity index (χ0n) is 22.8. The molecule has 10 nitrogen and oxygen atoms in total. The van der Waals surface area contributed by atoms with Crippen molar-refractivity contribution in [3.05, 3.63) is 60.8 Å². The summed E-state index contributed by atoms with van der Waals surface area (Å²) in [6.07, 6.45) is 5.98. The van der Waals surface area contributed by atoms with Crippen LogP contribution in [0, 0.1) is 0 Å². The Hall–Kier alpha value is -4.02. The summed E-state index contributed by atoms with van der Waals surface area (Å²) in [4.78, 5) is 38.1. The van der Waals surface area contributed by atoms with Crippen LogP contribution in [0.25, 0.3) is 11.3 Å². The number of carbonyl (C=O) groups is 2. The fourth-order valence-electron chi connectivity index (χ4n) is 5.12. The van der Waals surface area contributed by atoms with Gasteiger partial charge in [0.1, 0.15) is 0 Å². The van der Waals surface area contributed by atoms with Crippen LogP contribution in [-0.4, -0.2) is 72.0 Å². The minimum absolute atomic E-state index is 0.0104. The number of amides is 2. The Labute approximate surface area is 235 Å². The van der Waals surface area contributed by atoms with Crippen LogP contribution in [-0.2, 0) is 9.59 Å². The van der Waals surface area contributed by atoms with Crippen LogP contribution in [0.3, 0.4) is 0 Å². The highest BCUT2D eigenvalue weighted by Crippen LogP contribution is 2.24. The number of carbonyl (C=O) groups excluding carboxylic acids is 2. The second kappa shape index (κ2) is 13.4. The number of aromatic nitrogens is 2. The summed E-state index contributed by atoms with van der Waals surface area (Å²) in [6.45, 7) is 4.65. The van der Waals surface area contributed by atoms with Crippen molar-refractivity contribution in [3.63, 3.8) is 0 Å². The molecule has 0 aliphatic carbocycles. The van der Waals surface area contributed by atoms with Crippen molar-refractivity contribution in [2.75, 3.05) is 54.8 Å². The minimum Gasteiger partial charge on any atom is -0.368 e. The summed E-state index contributed by atoms with van der Waals surface area (Å²) in [5.41, 5.74) is 10.1. The minimum atomic E-state index is -0.109. The smallest absolute Gasteiger partial charge is 0.241 e. The molecule has 40 heavy (non-hydrogen) atoms. The van der Waals surface area contributed by atoms with Crippen LogP contribution >= 0.6 is 0 Å². The van der Waals surface area contributed by atoms with Gasteiger partial charge in [0, 0.05) is 61.4 Å².